The summed E-state index contributed by atoms with van der Waals surface area (Å²) in [5.74, 6) is 0. The Hall–Kier alpha value is -0.640. The van der Waals surface area contributed by atoms with Crippen LogP contribution in [0.2, 0.25) is 0 Å². The van der Waals surface area contributed by atoms with E-state index >= 15 is 0 Å². The lowest BCUT2D eigenvalue weighted by molar-refractivity contribution is 0.164. The first-order valence-electron chi connectivity index (χ1n) is 4.35. The second kappa shape index (κ2) is 6.83. The molecule has 0 aliphatic rings. The predicted octanol–water partition coefficient (Wildman–Crippen LogP) is 2.04. The summed E-state index contributed by atoms with van der Waals surface area (Å²) in [4.78, 5) is 1.36. The first-order chi connectivity index (χ1) is 6.43. The van der Waals surface area contributed by atoms with Crippen LogP contribution in [0.15, 0.2) is 30.2 Å². The van der Waals surface area contributed by atoms with Crippen LogP contribution < -0.4 is 5.32 Å². The van der Waals surface area contributed by atoms with Crippen LogP contribution >= 0.6 is 11.3 Å². The van der Waals surface area contributed by atoms with Gasteiger partial charge in [-0.2, -0.15) is 0 Å². The fourth-order valence-corrected chi connectivity index (χ4v) is 1.61. The minimum absolute atomic E-state index is 0.640. The fourth-order valence-electron chi connectivity index (χ4n) is 0.936. The Kier molecular flexibility index (Phi) is 5.49. The molecule has 1 aromatic heterocycles. The van der Waals surface area contributed by atoms with Gasteiger partial charge in [0.25, 0.3) is 0 Å². The van der Waals surface area contributed by atoms with E-state index in [4.69, 9.17) is 4.74 Å². The Labute approximate surface area is 83.2 Å². The highest BCUT2D eigenvalue weighted by atomic mass is 32.1. The Morgan fingerprint density at radius 1 is 1.62 bits per heavy atom. The molecule has 0 saturated carbocycles. The highest BCUT2D eigenvalue weighted by Crippen LogP contribution is 2.06. The average Bonchev–Trinajstić information content (AvgIpc) is 2.63. The lowest BCUT2D eigenvalue weighted by Crippen LogP contribution is -2.18. The van der Waals surface area contributed by atoms with Crippen molar-refractivity contribution in [3.05, 3.63) is 35.0 Å². The third kappa shape index (κ3) is 4.83. The number of hydrogen-bond donors (Lipinski definition) is 1. The van der Waals surface area contributed by atoms with Gasteiger partial charge in [0.2, 0.25) is 0 Å². The molecule has 0 atom stereocenters. The zero-order chi connectivity index (χ0) is 9.36. The van der Waals surface area contributed by atoms with Crippen LogP contribution in [0, 0.1) is 0 Å². The molecule has 1 rings (SSSR count). The molecule has 0 bridgehead atoms. The van der Waals surface area contributed by atoms with Gasteiger partial charge in [0.1, 0.15) is 0 Å². The molecule has 0 unspecified atom stereocenters. The van der Waals surface area contributed by atoms with Gasteiger partial charge >= 0.3 is 0 Å². The Bertz CT molecular complexity index is 221. The quantitative estimate of drug-likeness (QED) is 0.533. The maximum absolute atomic E-state index is 5.23. The smallest absolute Gasteiger partial charge is 0.0645 e. The fraction of sp³-hybridized carbons (Fsp3) is 0.400. The molecule has 3 heteroatoms. The SMILES string of the molecule is C=CCOCCNCc1cccs1. The standard InChI is InChI=1S/C10H15NOS/c1-2-6-12-7-5-11-9-10-4-3-8-13-10/h2-4,8,11H,1,5-7,9H2. The number of nitrogens with one attached hydrogen (secondary N) is 1. The van der Waals surface area contributed by atoms with Gasteiger partial charge in [0.15, 0.2) is 0 Å². The maximum Gasteiger partial charge on any atom is 0.0645 e. The molecule has 1 heterocycles. The molecule has 72 valence electrons. The van der Waals surface area contributed by atoms with E-state index in [-0.39, 0.29) is 0 Å². The molecule has 0 aliphatic carbocycles. The van der Waals surface area contributed by atoms with E-state index in [1.165, 1.54) is 4.88 Å². The zero-order valence-electron chi connectivity index (χ0n) is 7.66. The third-order valence-corrected chi connectivity index (χ3v) is 2.41. The summed E-state index contributed by atoms with van der Waals surface area (Å²) < 4.78 is 5.23. The number of hydrogen-bond acceptors (Lipinski definition) is 3. The van der Waals surface area contributed by atoms with E-state index in [1.807, 2.05) is 0 Å². The summed E-state index contributed by atoms with van der Waals surface area (Å²) in [7, 11) is 0. The molecule has 1 aromatic rings. The zero-order valence-corrected chi connectivity index (χ0v) is 8.48. The molecule has 1 N–H and O–H groups in total. The van der Waals surface area contributed by atoms with E-state index in [1.54, 1.807) is 17.4 Å². The van der Waals surface area contributed by atoms with Gasteiger partial charge in [-0.05, 0) is 11.4 Å². The Balaban J connectivity index is 1.93. The molecule has 0 spiro atoms. The summed E-state index contributed by atoms with van der Waals surface area (Å²) >= 11 is 1.77. The lowest BCUT2D eigenvalue weighted by Gasteiger charge is -2.02. The minimum Gasteiger partial charge on any atom is -0.376 e. The highest BCUT2D eigenvalue weighted by molar-refractivity contribution is 7.09. The average molecular weight is 197 g/mol. The van der Waals surface area contributed by atoms with Crippen molar-refractivity contribution < 1.29 is 4.74 Å². The second-order valence-electron chi connectivity index (χ2n) is 2.62. The van der Waals surface area contributed by atoms with E-state index in [9.17, 15) is 0 Å². The molecule has 0 amide bonds. The van der Waals surface area contributed by atoms with Gasteiger partial charge in [-0.25, -0.2) is 0 Å². The first kappa shape index (κ1) is 10.4. The van der Waals surface area contributed by atoms with E-state index in [2.05, 4.69) is 29.4 Å². The van der Waals surface area contributed by atoms with Gasteiger partial charge in [-0.3, -0.25) is 0 Å². The summed E-state index contributed by atoms with van der Waals surface area (Å²) in [5, 5.41) is 5.39. The number of thiophene rings is 1. The Morgan fingerprint density at radius 3 is 3.23 bits per heavy atom. The molecule has 13 heavy (non-hydrogen) atoms. The van der Waals surface area contributed by atoms with Crippen molar-refractivity contribution >= 4 is 11.3 Å². The topological polar surface area (TPSA) is 21.3 Å². The van der Waals surface area contributed by atoms with Gasteiger partial charge in [-0.15, -0.1) is 17.9 Å². The van der Waals surface area contributed by atoms with Gasteiger partial charge < -0.3 is 10.1 Å². The summed E-state index contributed by atoms with van der Waals surface area (Å²) in [6.07, 6.45) is 1.76. The van der Waals surface area contributed by atoms with Crippen LogP contribution in [0.5, 0.6) is 0 Å². The van der Waals surface area contributed by atoms with Crippen LogP contribution in [-0.2, 0) is 11.3 Å². The van der Waals surface area contributed by atoms with Crippen molar-refractivity contribution in [2.75, 3.05) is 19.8 Å². The van der Waals surface area contributed by atoms with Gasteiger partial charge in [0.05, 0.1) is 13.2 Å². The number of ether oxygens (including phenoxy) is 1. The van der Waals surface area contributed by atoms with E-state index in [0.717, 1.165) is 19.7 Å². The Morgan fingerprint density at radius 2 is 2.54 bits per heavy atom. The van der Waals surface area contributed by atoms with Crippen LogP contribution in [0.3, 0.4) is 0 Å². The van der Waals surface area contributed by atoms with Crippen molar-refractivity contribution in [2.24, 2.45) is 0 Å². The molecule has 2 nitrogen and oxygen atoms in total. The van der Waals surface area contributed by atoms with Crippen LogP contribution in [-0.4, -0.2) is 19.8 Å². The molecule has 0 saturated heterocycles. The second-order valence-corrected chi connectivity index (χ2v) is 3.65. The normalized spacial score (nSPS) is 10.2. The first-order valence-corrected chi connectivity index (χ1v) is 5.23. The van der Waals surface area contributed by atoms with Crippen LogP contribution in [0.1, 0.15) is 4.88 Å². The molecular weight excluding hydrogens is 182 g/mol. The molecule has 0 radical (unpaired) electrons. The van der Waals surface area contributed by atoms with Crippen LogP contribution in [0.4, 0.5) is 0 Å². The minimum atomic E-state index is 0.640. The maximum atomic E-state index is 5.23. The lowest BCUT2D eigenvalue weighted by atomic mass is 10.4. The van der Waals surface area contributed by atoms with Crippen molar-refractivity contribution in [1.29, 1.82) is 0 Å². The predicted molar refractivity (Wildman–Crippen MR) is 57.0 cm³/mol. The summed E-state index contributed by atoms with van der Waals surface area (Å²) in [6.45, 7) is 6.80. The van der Waals surface area contributed by atoms with Gasteiger partial charge in [-0.1, -0.05) is 12.1 Å². The highest BCUT2D eigenvalue weighted by Gasteiger charge is 1.91. The molecule has 0 fully saturated rings. The van der Waals surface area contributed by atoms with E-state index in [0.29, 0.717) is 6.61 Å². The number of rotatable bonds is 7. The summed E-state index contributed by atoms with van der Waals surface area (Å²) in [6, 6.07) is 4.19. The van der Waals surface area contributed by atoms with Crippen molar-refractivity contribution in [2.45, 2.75) is 6.54 Å². The van der Waals surface area contributed by atoms with Gasteiger partial charge in [0, 0.05) is 18.0 Å². The molecule has 0 aliphatic heterocycles. The van der Waals surface area contributed by atoms with E-state index < -0.39 is 0 Å². The van der Waals surface area contributed by atoms with Crippen molar-refractivity contribution in [3.8, 4) is 0 Å². The largest absolute Gasteiger partial charge is 0.376 e. The van der Waals surface area contributed by atoms with Crippen molar-refractivity contribution in [1.82, 2.24) is 5.32 Å². The summed E-state index contributed by atoms with van der Waals surface area (Å²) in [5.41, 5.74) is 0. The van der Waals surface area contributed by atoms with Crippen molar-refractivity contribution in [3.63, 3.8) is 0 Å². The molecular formula is C10H15NOS. The monoisotopic (exact) mass is 197 g/mol. The van der Waals surface area contributed by atoms with Crippen LogP contribution in [0.25, 0.3) is 0 Å². The molecule has 0 aromatic carbocycles. The third-order valence-electron chi connectivity index (χ3n) is 1.54.